The summed E-state index contributed by atoms with van der Waals surface area (Å²) in [6.07, 6.45) is 61.0. The second kappa shape index (κ2) is 37.1. The Hall–Kier alpha value is -5.52. The van der Waals surface area contributed by atoms with Crippen LogP contribution in [0.3, 0.4) is 0 Å². The number of nitrogens with zero attached hydrogens (tertiary/aromatic N) is 12. The van der Waals surface area contributed by atoms with Crippen molar-refractivity contribution < 1.29 is 0 Å². The number of rotatable bonds is 48. The van der Waals surface area contributed by atoms with E-state index in [1.54, 1.807) is 0 Å². The van der Waals surface area contributed by atoms with E-state index in [1.165, 1.54) is 242 Å². The van der Waals surface area contributed by atoms with Gasteiger partial charge in [0.2, 0.25) is 0 Å². The maximum Gasteiger partial charge on any atom is 0.113 e. The third-order valence-corrected chi connectivity index (χ3v) is 18.1. The van der Waals surface area contributed by atoms with Crippen molar-refractivity contribution in [3.63, 3.8) is 0 Å². The molecule has 0 aliphatic heterocycles. The molecule has 0 unspecified atom stereocenters. The highest BCUT2D eigenvalue weighted by molar-refractivity contribution is 6.31. The van der Waals surface area contributed by atoms with E-state index in [-0.39, 0.29) is 0 Å². The molecule has 0 bridgehead atoms. The molecule has 4 heterocycles. The van der Waals surface area contributed by atoms with Crippen molar-refractivity contribution in [3.8, 4) is 45.0 Å². The molecule has 4 aromatic carbocycles. The molecule has 12 heteroatoms. The minimum Gasteiger partial charge on any atom is -0.252 e. The van der Waals surface area contributed by atoms with Gasteiger partial charge in [0.1, 0.15) is 22.8 Å². The summed E-state index contributed by atoms with van der Waals surface area (Å²) in [4.78, 5) is 0. The maximum absolute atomic E-state index is 4.94. The average molecular weight is 1140 g/mol. The molecule has 8 aromatic rings. The number of hydrogen-bond donors (Lipinski definition) is 0. The minimum atomic E-state index is 0.863. The largest absolute Gasteiger partial charge is 0.252 e. The second-order valence-electron chi connectivity index (χ2n) is 25.2. The van der Waals surface area contributed by atoms with Crippen LogP contribution in [0.5, 0.6) is 0 Å². The van der Waals surface area contributed by atoms with Crippen LogP contribution in [-0.4, -0.2) is 60.0 Å². The van der Waals surface area contributed by atoms with Crippen molar-refractivity contribution in [3.05, 3.63) is 61.2 Å². The predicted octanol–water partition coefficient (Wildman–Crippen LogP) is 21.3. The smallest absolute Gasteiger partial charge is 0.113 e. The quantitative estimate of drug-likeness (QED) is 0.0273. The van der Waals surface area contributed by atoms with Gasteiger partial charge in [-0.25, -0.2) is 0 Å². The van der Waals surface area contributed by atoms with Crippen LogP contribution in [0.4, 0.5) is 0 Å². The highest BCUT2D eigenvalue weighted by Crippen LogP contribution is 2.47. The Morgan fingerprint density at radius 1 is 0.238 bits per heavy atom. The first-order valence-corrected chi connectivity index (χ1v) is 35.0. The zero-order valence-corrected chi connectivity index (χ0v) is 53.3. The second-order valence-corrected chi connectivity index (χ2v) is 25.2. The maximum atomic E-state index is 4.94. The molecular formula is C72H110N12. The lowest BCUT2D eigenvalue weighted by Crippen LogP contribution is -1.98. The fraction of sp³-hybridized carbons (Fsp3) is 0.667. The van der Waals surface area contributed by atoms with E-state index < -0.39 is 0 Å². The van der Waals surface area contributed by atoms with E-state index >= 15 is 0 Å². The van der Waals surface area contributed by atoms with Gasteiger partial charge in [0.25, 0.3) is 0 Å². The standard InChI is InChI=1S/C72H110N12/c1-5-9-13-17-21-25-29-33-37-41-49-81-55-67(73-77-81)63-53-64(68-56-82(78-74-68)50-42-38-34-30-26-22-18-14-10-6-2)60-47-48-62-66(70-58-84(80-76-70)52-44-40-36-32-28-24-20-16-12-8-4)54-65(61-46-45-59(63)71(60)72(61)62)69-57-83(79-75-69)51-43-39-35-31-27-23-19-15-11-7-3/h45-48,53-58H,5-44,49-52H2,1-4H3. The van der Waals surface area contributed by atoms with E-state index in [4.69, 9.17) is 41.2 Å². The number of aromatic nitrogens is 12. The zero-order valence-electron chi connectivity index (χ0n) is 53.3. The molecule has 0 spiro atoms. The number of hydrogen-bond acceptors (Lipinski definition) is 8. The number of benzene rings is 4. The van der Waals surface area contributed by atoms with Gasteiger partial charge in [0.05, 0.1) is 24.8 Å². The molecule has 12 nitrogen and oxygen atoms in total. The van der Waals surface area contributed by atoms with Gasteiger partial charge >= 0.3 is 0 Å². The third kappa shape index (κ3) is 19.8. The predicted molar refractivity (Wildman–Crippen MR) is 354 cm³/mol. The van der Waals surface area contributed by atoms with Crippen LogP contribution in [0.25, 0.3) is 77.3 Å². The van der Waals surface area contributed by atoms with E-state index in [2.05, 4.69) is 108 Å². The van der Waals surface area contributed by atoms with Gasteiger partial charge in [-0.15, -0.1) is 20.4 Å². The van der Waals surface area contributed by atoms with Crippen LogP contribution in [0.1, 0.15) is 285 Å². The normalized spacial score (nSPS) is 12.0. The Morgan fingerprint density at radius 3 is 0.607 bits per heavy atom. The lowest BCUT2D eigenvalue weighted by molar-refractivity contribution is 0.507. The van der Waals surface area contributed by atoms with E-state index in [9.17, 15) is 0 Å². The lowest BCUT2D eigenvalue weighted by Gasteiger charge is -2.19. The molecule has 0 saturated heterocycles. The van der Waals surface area contributed by atoms with Gasteiger partial charge in [0, 0.05) is 48.4 Å². The molecule has 8 rings (SSSR count). The summed E-state index contributed by atoms with van der Waals surface area (Å²) in [5, 5.41) is 45.8. The molecule has 0 radical (unpaired) electrons. The first kappa shape index (κ1) is 64.5. The molecule has 0 atom stereocenters. The van der Waals surface area contributed by atoms with E-state index in [0.29, 0.717) is 0 Å². The Bertz CT molecular complexity index is 2630. The molecular weight excluding hydrogens is 1030 g/mol. The first-order valence-electron chi connectivity index (χ1n) is 35.0. The Labute approximate surface area is 506 Å². The highest BCUT2D eigenvalue weighted by atomic mass is 15.4. The Balaban J connectivity index is 1.09. The van der Waals surface area contributed by atoms with Crippen LogP contribution in [-0.2, 0) is 26.2 Å². The SMILES string of the molecule is CCCCCCCCCCCCn1cc(-c2cc(-c3cn(CCCCCCCCCCCC)nn3)c3ccc4c(-c5cn(CCCCCCCCCCCC)nn5)cc(-c5cn(CCCCCCCCCCCC)nn5)c5ccc2c3c54)nn1. The monoisotopic (exact) mass is 1140 g/mol. The van der Waals surface area contributed by atoms with Crippen molar-refractivity contribution in [2.45, 2.75) is 311 Å². The van der Waals surface area contributed by atoms with E-state index in [0.717, 1.165) is 118 Å². The van der Waals surface area contributed by atoms with Crippen molar-refractivity contribution >= 4 is 32.3 Å². The summed E-state index contributed by atoms with van der Waals surface area (Å²) < 4.78 is 8.26. The fourth-order valence-electron chi connectivity index (χ4n) is 13.0. The van der Waals surface area contributed by atoms with Gasteiger partial charge in [-0.3, -0.25) is 18.7 Å². The average Bonchev–Trinajstić information content (AvgIpc) is 1.12. The topological polar surface area (TPSA) is 123 Å². The van der Waals surface area contributed by atoms with Crippen LogP contribution < -0.4 is 0 Å². The molecule has 0 aliphatic carbocycles. The number of aryl methyl sites for hydroxylation is 4. The molecule has 84 heavy (non-hydrogen) atoms. The summed E-state index contributed by atoms with van der Waals surface area (Å²) in [6.45, 7) is 12.6. The molecule has 0 N–H and O–H groups in total. The molecule has 0 amide bonds. The van der Waals surface area contributed by atoms with Crippen LogP contribution in [0, 0.1) is 0 Å². The van der Waals surface area contributed by atoms with Crippen LogP contribution in [0.15, 0.2) is 61.2 Å². The van der Waals surface area contributed by atoms with Gasteiger partial charge in [-0.2, -0.15) is 0 Å². The highest BCUT2D eigenvalue weighted by Gasteiger charge is 2.24. The summed E-state index contributed by atoms with van der Waals surface area (Å²) in [6, 6.07) is 13.9. The van der Waals surface area contributed by atoms with Gasteiger partial charge in [-0.05, 0) is 70.1 Å². The summed E-state index contributed by atoms with van der Waals surface area (Å²) in [5.41, 5.74) is 7.75. The van der Waals surface area contributed by atoms with Crippen molar-refractivity contribution in [2.24, 2.45) is 0 Å². The minimum absolute atomic E-state index is 0.863. The Morgan fingerprint density at radius 2 is 0.417 bits per heavy atom. The van der Waals surface area contributed by atoms with Crippen molar-refractivity contribution in [2.75, 3.05) is 0 Å². The summed E-state index contributed by atoms with van der Waals surface area (Å²) in [7, 11) is 0. The fourth-order valence-corrected chi connectivity index (χ4v) is 13.0. The molecule has 0 saturated carbocycles. The molecule has 4 aromatic heterocycles. The van der Waals surface area contributed by atoms with Gasteiger partial charge < -0.3 is 0 Å². The number of unbranched alkanes of at least 4 members (excludes halogenated alkanes) is 36. The molecule has 458 valence electrons. The van der Waals surface area contributed by atoms with Crippen molar-refractivity contribution in [1.82, 2.24) is 60.0 Å². The molecule has 0 fully saturated rings. The van der Waals surface area contributed by atoms with Gasteiger partial charge in [0.15, 0.2) is 0 Å². The zero-order chi connectivity index (χ0) is 58.2. The van der Waals surface area contributed by atoms with Gasteiger partial charge in [-0.1, -0.05) is 304 Å². The summed E-state index contributed by atoms with van der Waals surface area (Å²) in [5.74, 6) is 0. The first-order chi connectivity index (χ1) is 41.6. The summed E-state index contributed by atoms with van der Waals surface area (Å²) >= 11 is 0. The van der Waals surface area contributed by atoms with Crippen LogP contribution >= 0.6 is 0 Å². The van der Waals surface area contributed by atoms with Crippen LogP contribution in [0.2, 0.25) is 0 Å². The lowest BCUT2D eigenvalue weighted by atomic mass is 9.84. The van der Waals surface area contributed by atoms with E-state index in [1.807, 2.05) is 0 Å². The molecule has 0 aliphatic rings. The Kier molecular flexibility index (Phi) is 28.5. The van der Waals surface area contributed by atoms with Crippen molar-refractivity contribution in [1.29, 1.82) is 0 Å². The third-order valence-electron chi connectivity index (χ3n) is 18.1.